The Hall–Kier alpha value is -1.34. The van der Waals surface area contributed by atoms with E-state index in [1.165, 1.54) is 4.90 Å². The second kappa shape index (κ2) is 6.62. The van der Waals surface area contributed by atoms with Gasteiger partial charge in [-0.25, -0.2) is 9.59 Å². The Balaban J connectivity index is 2.63. The lowest BCUT2D eigenvalue weighted by atomic mass is 9.87. The maximum absolute atomic E-state index is 12.1. The smallest absolute Gasteiger partial charge is 0.326 e. The third-order valence-electron chi connectivity index (χ3n) is 3.68. The average Bonchev–Trinajstić information content (AvgIpc) is 2.34. The first-order valence-electron chi connectivity index (χ1n) is 7.10. The number of hydrogen-bond acceptors (Lipinski definition) is 4. The van der Waals surface area contributed by atoms with E-state index in [-0.39, 0.29) is 6.54 Å². The summed E-state index contributed by atoms with van der Waals surface area (Å²) < 4.78 is 5.19. The quantitative estimate of drug-likeness (QED) is 0.709. The number of rotatable bonds is 4. The number of amides is 2. The van der Waals surface area contributed by atoms with Crippen LogP contribution in [0, 0.1) is 5.41 Å². The average molecular weight is 302 g/mol. The molecule has 1 rings (SSSR count). The van der Waals surface area contributed by atoms with Gasteiger partial charge >= 0.3 is 12.0 Å². The van der Waals surface area contributed by atoms with Crippen molar-refractivity contribution in [3.05, 3.63) is 0 Å². The molecule has 1 fully saturated rings. The molecule has 1 aliphatic rings. The van der Waals surface area contributed by atoms with Gasteiger partial charge in [0.15, 0.2) is 0 Å². The van der Waals surface area contributed by atoms with Crippen LogP contribution < -0.4 is 5.32 Å². The monoisotopic (exact) mass is 302 g/mol. The molecule has 0 aromatic heterocycles. The fraction of sp³-hybridized carbons (Fsp3) is 0.857. The maximum atomic E-state index is 12.1. The summed E-state index contributed by atoms with van der Waals surface area (Å²) in [5.41, 5.74) is -1.57. The lowest BCUT2D eigenvalue weighted by Gasteiger charge is -2.36. The van der Waals surface area contributed by atoms with Crippen molar-refractivity contribution in [2.45, 2.75) is 45.3 Å². The number of carboxylic acid groups (broad SMARTS) is 1. The minimum atomic E-state index is -1.07. The number of hydrogen-bond donors (Lipinski definition) is 3. The molecule has 0 aliphatic carbocycles. The van der Waals surface area contributed by atoms with E-state index in [1.807, 2.05) is 0 Å². The predicted octanol–water partition coefficient (Wildman–Crippen LogP) is 0.669. The van der Waals surface area contributed by atoms with Crippen molar-refractivity contribution in [1.82, 2.24) is 10.2 Å². The lowest BCUT2D eigenvalue weighted by molar-refractivity contribution is -0.142. The maximum Gasteiger partial charge on any atom is 0.326 e. The lowest BCUT2D eigenvalue weighted by Crippen LogP contribution is -2.55. The molecule has 21 heavy (non-hydrogen) atoms. The van der Waals surface area contributed by atoms with Crippen molar-refractivity contribution in [2.24, 2.45) is 5.41 Å². The van der Waals surface area contributed by atoms with Gasteiger partial charge in [-0.15, -0.1) is 0 Å². The summed E-state index contributed by atoms with van der Waals surface area (Å²) in [4.78, 5) is 24.7. The third-order valence-corrected chi connectivity index (χ3v) is 3.68. The normalized spacial score (nSPS) is 19.7. The van der Waals surface area contributed by atoms with E-state index < -0.39 is 29.1 Å². The van der Waals surface area contributed by atoms with Crippen molar-refractivity contribution in [2.75, 3.05) is 26.8 Å². The van der Waals surface area contributed by atoms with Crippen LogP contribution in [0.3, 0.4) is 0 Å². The van der Waals surface area contributed by atoms with Crippen molar-refractivity contribution >= 4 is 12.0 Å². The van der Waals surface area contributed by atoms with Crippen molar-refractivity contribution < 1.29 is 24.5 Å². The van der Waals surface area contributed by atoms with Crippen LogP contribution in [0.15, 0.2) is 0 Å². The highest BCUT2D eigenvalue weighted by atomic mass is 16.5. The fourth-order valence-corrected chi connectivity index (χ4v) is 2.31. The Morgan fingerprint density at radius 3 is 2.29 bits per heavy atom. The minimum Gasteiger partial charge on any atom is -0.480 e. The summed E-state index contributed by atoms with van der Waals surface area (Å²) in [6.07, 6.45) is 0.929. The molecule has 122 valence electrons. The number of urea groups is 1. The number of aliphatic carboxylic acids is 1. The summed E-state index contributed by atoms with van der Waals surface area (Å²) >= 11 is 0. The van der Waals surface area contributed by atoms with Crippen LogP contribution >= 0.6 is 0 Å². The molecule has 0 spiro atoms. The third kappa shape index (κ3) is 5.17. The van der Waals surface area contributed by atoms with Gasteiger partial charge in [0.2, 0.25) is 0 Å². The molecular formula is C14H26N2O5. The first-order valence-corrected chi connectivity index (χ1v) is 7.10. The van der Waals surface area contributed by atoms with Gasteiger partial charge < -0.3 is 25.2 Å². The Morgan fingerprint density at radius 1 is 1.33 bits per heavy atom. The molecular weight excluding hydrogens is 276 g/mol. The second-order valence-electron chi connectivity index (χ2n) is 6.78. The van der Waals surface area contributed by atoms with Crippen molar-refractivity contribution in [3.63, 3.8) is 0 Å². The summed E-state index contributed by atoms with van der Waals surface area (Å²) in [6, 6.07) is -1.49. The molecule has 1 atom stereocenters. The van der Waals surface area contributed by atoms with E-state index in [0.29, 0.717) is 26.1 Å². The molecule has 0 aromatic carbocycles. The predicted molar refractivity (Wildman–Crippen MR) is 77.0 cm³/mol. The number of carbonyl (C=O) groups excluding carboxylic acids is 1. The van der Waals surface area contributed by atoms with E-state index in [0.717, 1.165) is 0 Å². The van der Waals surface area contributed by atoms with Crippen molar-refractivity contribution in [1.29, 1.82) is 0 Å². The van der Waals surface area contributed by atoms with Gasteiger partial charge in [0.1, 0.15) is 6.04 Å². The van der Waals surface area contributed by atoms with Crippen LogP contribution in [0.5, 0.6) is 0 Å². The van der Waals surface area contributed by atoms with Crippen molar-refractivity contribution in [3.8, 4) is 0 Å². The first-order chi connectivity index (χ1) is 9.55. The van der Waals surface area contributed by atoms with E-state index in [2.05, 4.69) is 5.32 Å². The number of aliphatic hydroxyl groups is 1. The van der Waals surface area contributed by atoms with Crippen LogP contribution in [0.25, 0.3) is 0 Å². The molecule has 0 radical (unpaired) electrons. The van der Waals surface area contributed by atoms with Gasteiger partial charge in [-0.3, -0.25) is 0 Å². The van der Waals surface area contributed by atoms with Gasteiger partial charge in [-0.1, -0.05) is 20.8 Å². The summed E-state index contributed by atoms with van der Waals surface area (Å²) in [6.45, 7) is 6.32. The molecule has 7 nitrogen and oxygen atoms in total. The summed E-state index contributed by atoms with van der Waals surface area (Å²) in [5.74, 6) is -1.07. The zero-order valence-corrected chi connectivity index (χ0v) is 13.2. The highest BCUT2D eigenvalue weighted by molar-refractivity contribution is 5.83. The van der Waals surface area contributed by atoms with Gasteiger partial charge in [-0.05, 0) is 5.41 Å². The van der Waals surface area contributed by atoms with Crippen LogP contribution in [-0.2, 0) is 9.53 Å². The van der Waals surface area contributed by atoms with E-state index in [1.54, 1.807) is 27.8 Å². The molecule has 1 aliphatic heterocycles. The molecule has 0 unspecified atom stereocenters. The van der Waals surface area contributed by atoms with Crippen LogP contribution in [0.2, 0.25) is 0 Å². The Labute approximate surface area is 125 Å². The number of carboxylic acids is 1. The highest BCUT2D eigenvalue weighted by Crippen LogP contribution is 2.22. The first kappa shape index (κ1) is 17.7. The number of likely N-dealkylation sites (N-methyl/N-ethyl adjacent to an activating group) is 1. The molecule has 3 N–H and O–H groups in total. The second-order valence-corrected chi connectivity index (χ2v) is 6.78. The van der Waals surface area contributed by atoms with Gasteiger partial charge in [0.25, 0.3) is 0 Å². The fourth-order valence-electron chi connectivity index (χ4n) is 2.31. The van der Waals surface area contributed by atoms with E-state index >= 15 is 0 Å². The summed E-state index contributed by atoms with van der Waals surface area (Å²) in [7, 11) is 1.55. The Bertz CT molecular complexity index is 385. The Morgan fingerprint density at radius 2 is 1.86 bits per heavy atom. The number of nitrogens with one attached hydrogen (secondary N) is 1. The topological polar surface area (TPSA) is 99.1 Å². The van der Waals surface area contributed by atoms with Crippen LogP contribution in [0.1, 0.15) is 33.6 Å². The minimum absolute atomic E-state index is 0.151. The molecule has 1 heterocycles. The number of carbonyl (C=O) groups is 2. The molecule has 2 amide bonds. The number of nitrogens with zero attached hydrogens (tertiary/aromatic N) is 1. The molecule has 1 saturated heterocycles. The largest absolute Gasteiger partial charge is 0.480 e. The molecule has 0 saturated carbocycles. The molecule has 0 aromatic rings. The molecule has 7 heteroatoms. The molecule has 0 bridgehead atoms. The zero-order valence-electron chi connectivity index (χ0n) is 13.2. The number of ether oxygens (including phenoxy) is 1. The zero-order chi connectivity index (χ0) is 16.3. The van der Waals surface area contributed by atoms with Gasteiger partial charge in [-0.2, -0.15) is 0 Å². The van der Waals surface area contributed by atoms with E-state index in [9.17, 15) is 19.8 Å². The van der Waals surface area contributed by atoms with Gasteiger partial charge in [0.05, 0.1) is 12.1 Å². The van der Waals surface area contributed by atoms with Crippen LogP contribution in [-0.4, -0.2) is 65.6 Å². The van der Waals surface area contributed by atoms with E-state index in [4.69, 9.17) is 4.74 Å². The summed E-state index contributed by atoms with van der Waals surface area (Å²) in [5, 5.41) is 22.1. The van der Waals surface area contributed by atoms with Crippen LogP contribution in [0.4, 0.5) is 4.79 Å². The highest BCUT2D eigenvalue weighted by Gasteiger charge is 2.36. The Kier molecular flexibility index (Phi) is 5.58. The van der Waals surface area contributed by atoms with Gasteiger partial charge in [0, 0.05) is 33.1 Å². The standard InChI is InChI=1S/C14H26N2O5/c1-13(2,3)10(11(17)18)15-12(19)16(4)9-14(20)5-7-21-8-6-14/h10,20H,5-9H2,1-4H3,(H,15,19)(H,17,18)/t10-/m1/s1. The SMILES string of the molecule is CN(CC1(O)CCOCC1)C(=O)N[C@H](C(=O)O)C(C)(C)C.